The van der Waals surface area contributed by atoms with E-state index in [4.69, 9.17) is 19.9 Å². The van der Waals surface area contributed by atoms with E-state index in [0.717, 1.165) is 6.42 Å². The van der Waals surface area contributed by atoms with Crippen molar-refractivity contribution in [3.8, 4) is 0 Å². The molecule has 10 heteroatoms. The summed E-state index contributed by atoms with van der Waals surface area (Å²) >= 11 is 0. The zero-order valence-electron chi connectivity index (χ0n) is 15.7. The van der Waals surface area contributed by atoms with Gasteiger partial charge in [0.15, 0.2) is 29.6 Å². The minimum atomic E-state index is -0.823. The second-order valence-electron chi connectivity index (χ2n) is 7.41. The summed E-state index contributed by atoms with van der Waals surface area (Å²) in [6.45, 7) is 7.59. The predicted molar refractivity (Wildman–Crippen MR) is 95.4 cm³/mol. The Hall–Kier alpha value is -2.30. The summed E-state index contributed by atoms with van der Waals surface area (Å²) in [5, 5.41) is 2.95. The second-order valence-corrected chi connectivity index (χ2v) is 7.41. The number of carbonyl (C=O) groups is 1. The number of rotatable bonds is 4. The van der Waals surface area contributed by atoms with Crippen LogP contribution in [0.25, 0.3) is 11.2 Å². The molecule has 27 heavy (non-hydrogen) atoms. The number of ether oxygens (including phenoxy) is 3. The summed E-state index contributed by atoms with van der Waals surface area (Å²) in [5.74, 6) is -0.763. The SMILES string of the molecule is CCC(C)NC(=O)[C@H]1O[C@@H](n2cnc3c(N)ncnc32)[C@@H]2OC(C)(C)O[C@@H]21. The van der Waals surface area contributed by atoms with Crippen molar-refractivity contribution in [2.75, 3.05) is 5.73 Å². The number of amides is 1. The number of carbonyl (C=O) groups excluding carboxylic acids is 1. The molecule has 10 nitrogen and oxygen atoms in total. The van der Waals surface area contributed by atoms with E-state index in [-0.39, 0.29) is 17.8 Å². The van der Waals surface area contributed by atoms with Crippen molar-refractivity contribution in [1.29, 1.82) is 0 Å². The highest BCUT2D eigenvalue weighted by molar-refractivity contribution is 5.83. The molecule has 0 radical (unpaired) electrons. The van der Waals surface area contributed by atoms with Crippen molar-refractivity contribution in [1.82, 2.24) is 24.8 Å². The highest BCUT2D eigenvalue weighted by atomic mass is 16.8. The van der Waals surface area contributed by atoms with Gasteiger partial charge in [-0.25, -0.2) is 15.0 Å². The molecule has 0 saturated carbocycles. The van der Waals surface area contributed by atoms with E-state index in [1.165, 1.54) is 6.33 Å². The molecule has 2 saturated heterocycles. The smallest absolute Gasteiger partial charge is 0.252 e. The molecular formula is C17H24N6O4. The van der Waals surface area contributed by atoms with Crippen LogP contribution in [-0.4, -0.2) is 55.6 Å². The van der Waals surface area contributed by atoms with E-state index in [1.807, 2.05) is 27.7 Å². The highest BCUT2D eigenvalue weighted by Gasteiger charge is 2.58. The van der Waals surface area contributed by atoms with Gasteiger partial charge in [-0.2, -0.15) is 0 Å². The van der Waals surface area contributed by atoms with Crippen molar-refractivity contribution >= 4 is 22.9 Å². The predicted octanol–water partition coefficient (Wildman–Crippen LogP) is 0.741. The lowest BCUT2D eigenvalue weighted by Crippen LogP contribution is -2.45. The average molecular weight is 376 g/mol. The maximum absolute atomic E-state index is 12.8. The van der Waals surface area contributed by atoms with Crippen LogP contribution in [0.2, 0.25) is 0 Å². The molecule has 2 aromatic heterocycles. The first-order valence-electron chi connectivity index (χ1n) is 9.05. The molecular weight excluding hydrogens is 352 g/mol. The lowest BCUT2D eigenvalue weighted by Gasteiger charge is -2.25. The van der Waals surface area contributed by atoms with Gasteiger partial charge in [-0.15, -0.1) is 0 Å². The maximum Gasteiger partial charge on any atom is 0.252 e. The Bertz CT molecular complexity index is 868. The molecule has 0 bridgehead atoms. The summed E-state index contributed by atoms with van der Waals surface area (Å²) in [5.41, 5.74) is 6.87. The van der Waals surface area contributed by atoms with E-state index in [0.29, 0.717) is 11.2 Å². The normalized spacial score (nSPS) is 30.4. The zero-order valence-corrected chi connectivity index (χ0v) is 15.7. The molecule has 4 rings (SSSR count). The van der Waals surface area contributed by atoms with Crippen LogP contribution < -0.4 is 11.1 Å². The second kappa shape index (κ2) is 6.39. The van der Waals surface area contributed by atoms with Gasteiger partial charge in [0, 0.05) is 6.04 Å². The Balaban J connectivity index is 1.69. The van der Waals surface area contributed by atoms with Crippen LogP contribution in [0, 0.1) is 0 Å². The number of anilines is 1. The monoisotopic (exact) mass is 376 g/mol. The minimum absolute atomic E-state index is 0.0375. The van der Waals surface area contributed by atoms with Crippen LogP contribution in [0.1, 0.15) is 40.3 Å². The van der Waals surface area contributed by atoms with Gasteiger partial charge in [0.25, 0.3) is 5.91 Å². The van der Waals surface area contributed by atoms with Gasteiger partial charge in [0.1, 0.15) is 24.1 Å². The number of imidazole rings is 1. The zero-order chi connectivity index (χ0) is 19.3. The molecule has 0 aromatic carbocycles. The van der Waals surface area contributed by atoms with E-state index in [9.17, 15) is 4.79 Å². The topological polar surface area (TPSA) is 126 Å². The third kappa shape index (κ3) is 3.03. The summed E-state index contributed by atoms with van der Waals surface area (Å²) in [6, 6.07) is 0.0375. The Labute approximate surface area is 156 Å². The van der Waals surface area contributed by atoms with Gasteiger partial charge in [-0.1, -0.05) is 6.92 Å². The standard InChI is InChI=1S/C17H24N6O4/c1-5-8(2)22-15(24)11-10-12(27-17(3,4)26-10)16(25-11)23-7-21-9-13(18)19-6-20-14(9)23/h6-8,10-12,16H,5H2,1-4H3,(H,22,24)(H2,18,19,20)/t8?,10-,11+,12-,16-/m1/s1. The van der Waals surface area contributed by atoms with Gasteiger partial charge >= 0.3 is 0 Å². The fraction of sp³-hybridized carbons (Fsp3) is 0.647. The largest absolute Gasteiger partial charge is 0.382 e. The number of nitrogens with one attached hydrogen (secondary N) is 1. The van der Waals surface area contributed by atoms with Crippen LogP contribution >= 0.6 is 0 Å². The van der Waals surface area contributed by atoms with Gasteiger partial charge in [-0.3, -0.25) is 9.36 Å². The lowest BCUT2D eigenvalue weighted by atomic mass is 10.1. The molecule has 1 unspecified atom stereocenters. The molecule has 2 aliphatic heterocycles. The Kier molecular flexibility index (Phi) is 4.28. The third-order valence-electron chi connectivity index (χ3n) is 4.95. The molecule has 2 aliphatic rings. The number of aromatic nitrogens is 4. The highest BCUT2D eigenvalue weighted by Crippen LogP contribution is 2.43. The Morgan fingerprint density at radius 3 is 2.81 bits per heavy atom. The Morgan fingerprint density at radius 1 is 1.33 bits per heavy atom. The fourth-order valence-electron chi connectivity index (χ4n) is 3.50. The summed E-state index contributed by atoms with van der Waals surface area (Å²) in [7, 11) is 0. The number of hydrogen-bond acceptors (Lipinski definition) is 8. The molecule has 5 atom stereocenters. The van der Waals surface area contributed by atoms with E-state index in [2.05, 4.69) is 20.3 Å². The van der Waals surface area contributed by atoms with Crippen LogP contribution in [-0.2, 0) is 19.0 Å². The van der Waals surface area contributed by atoms with Crippen molar-refractivity contribution < 1.29 is 19.0 Å². The van der Waals surface area contributed by atoms with Gasteiger partial charge in [0.2, 0.25) is 0 Å². The van der Waals surface area contributed by atoms with Crippen LogP contribution in [0.4, 0.5) is 5.82 Å². The Morgan fingerprint density at radius 2 is 2.07 bits per heavy atom. The first kappa shape index (κ1) is 18.1. The quantitative estimate of drug-likeness (QED) is 0.800. The molecule has 2 aromatic rings. The van der Waals surface area contributed by atoms with E-state index in [1.54, 1.807) is 10.9 Å². The van der Waals surface area contributed by atoms with Crippen LogP contribution in [0.15, 0.2) is 12.7 Å². The summed E-state index contributed by atoms with van der Waals surface area (Å²) < 4.78 is 19.8. The minimum Gasteiger partial charge on any atom is -0.382 e. The molecule has 0 aliphatic carbocycles. The number of nitrogen functional groups attached to an aromatic ring is 1. The first-order valence-corrected chi connectivity index (χ1v) is 9.05. The molecule has 3 N–H and O–H groups in total. The molecule has 1 amide bonds. The van der Waals surface area contributed by atoms with Crippen molar-refractivity contribution in [2.45, 2.75) is 70.5 Å². The van der Waals surface area contributed by atoms with Crippen molar-refractivity contribution in [2.24, 2.45) is 0 Å². The molecule has 146 valence electrons. The summed E-state index contributed by atoms with van der Waals surface area (Å²) in [6.07, 6.45) is 1.32. The number of nitrogens with zero attached hydrogens (tertiary/aromatic N) is 4. The van der Waals surface area contributed by atoms with E-state index < -0.39 is 30.3 Å². The molecule has 4 heterocycles. The van der Waals surface area contributed by atoms with Crippen molar-refractivity contribution in [3.05, 3.63) is 12.7 Å². The van der Waals surface area contributed by atoms with Crippen LogP contribution in [0.3, 0.4) is 0 Å². The van der Waals surface area contributed by atoms with Gasteiger partial charge in [-0.05, 0) is 27.2 Å². The van der Waals surface area contributed by atoms with Gasteiger partial charge < -0.3 is 25.3 Å². The fourth-order valence-corrected chi connectivity index (χ4v) is 3.50. The van der Waals surface area contributed by atoms with E-state index >= 15 is 0 Å². The lowest BCUT2D eigenvalue weighted by molar-refractivity contribution is -0.197. The van der Waals surface area contributed by atoms with Crippen LogP contribution in [0.5, 0.6) is 0 Å². The maximum atomic E-state index is 12.8. The number of fused-ring (bicyclic) bond motifs is 2. The number of nitrogens with two attached hydrogens (primary N) is 1. The average Bonchev–Trinajstić information content (AvgIpc) is 3.25. The molecule has 0 spiro atoms. The van der Waals surface area contributed by atoms with Crippen molar-refractivity contribution in [3.63, 3.8) is 0 Å². The third-order valence-corrected chi connectivity index (χ3v) is 4.95. The molecule has 2 fully saturated rings. The number of hydrogen-bond donors (Lipinski definition) is 2. The first-order chi connectivity index (χ1) is 12.8. The summed E-state index contributed by atoms with van der Waals surface area (Å²) in [4.78, 5) is 25.3. The van der Waals surface area contributed by atoms with Gasteiger partial charge in [0.05, 0.1) is 6.33 Å².